The van der Waals surface area contributed by atoms with E-state index in [2.05, 4.69) is 36.5 Å². The molecule has 1 saturated carbocycles. The second-order valence-electron chi connectivity index (χ2n) is 8.02. The quantitative estimate of drug-likeness (QED) is 0.419. The minimum absolute atomic E-state index is 0.0162. The maximum absolute atomic E-state index is 13.2. The summed E-state index contributed by atoms with van der Waals surface area (Å²) < 4.78 is 45.1. The molecule has 3 aromatic heterocycles. The van der Waals surface area contributed by atoms with Crippen LogP contribution in [-0.4, -0.2) is 41.8 Å². The number of aryl methyl sites for hydroxylation is 2. The van der Waals surface area contributed by atoms with Crippen LogP contribution in [-0.2, 0) is 19.4 Å². The SMILES string of the molecule is Cc1nn(Cn2ccc(C(=O)NCCCn3nc(C(F)(F)F)c(Cl)c3C3CC3)n2)c(C)c1Br. The van der Waals surface area contributed by atoms with E-state index in [1.54, 1.807) is 21.6 Å². The van der Waals surface area contributed by atoms with Crippen molar-refractivity contribution in [3.8, 4) is 0 Å². The van der Waals surface area contributed by atoms with Crippen molar-refractivity contribution in [2.75, 3.05) is 6.54 Å². The molecular weight excluding hydrogens is 527 g/mol. The van der Waals surface area contributed by atoms with Gasteiger partial charge < -0.3 is 5.32 Å². The zero-order valence-electron chi connectivity index (χ0n) is 18.0. The Morgan fingerprint density at radius 3 is 2.58 bits per heavy atom. The Labute approximate surface area is 201 Å². The second kappa shape index (κ2) is 9.13. The number of rotatable bonds is 8. The number of alkyl halides is 3. The van der Waals surface area contributed by atoms with Crippen LogP contribution < -0.4 is 5.32 Å². The fraction of sp³-hybridized carbons (Fsp3) is 0.500. The van der Waals surface area contributed by atoms with Gasteiger partial charge in [-0.1, -0.05) is 11.6 Å². The van der Waals surface area contributed by atoms with E-state index in [0.717, 1.165) is 28.7 Å². The van der Waals surface area contributed by atoms with Crippen LogP contribution in [0, 0.1) is 13.8 Å². The number of hydrogen-bond acceptors (Lipinski definition) is 4. The summed E-state index contributed by atoms with van der Waals surface area (Å²) >= 11 is 9.46. The average molecular weight is 549 g/mol. The normalized spacial score (nSPS) is 14.2. The number of nitrogens with one attached hydrogen (secondary N) is 1. The van der Waals surface area contributed by atoms with E-state index < -0.39 is 11.9 Å². The molecule has 3 heterocycles. The molecule has 8 nitrogen and oxygen atoms in total. The van der Waals surface area contributed by atoms with Gasteiger partial charge in [0.15, 0.2) is 5.69 Å². The number of halogens is 5. The van der Waals surface area contributed by atoms with Crippen molar-refractivity contribution >= 4 is 33.4 Å². The molecule has 1 amide bonds. The van der Waals surface area contributed by atoms with Gasteiger partial charge in [0.2, 0.25) is 0 Å². The maximum Gasteiger partial charge on any atom is 0.436 e. The molecule has 0 aliphatic heterocycles. The zero-order chi connectivity index (χ0) is 23.9. The predicted molar refractivity (Wildman–Crippen MR) is 118 cm³/mol. The van der Waals surface area contributed by atoms with E-state index in [0.29, 0.717) is 18.8 Å². The first-order valence-electron chi connectivity index (χ1n) is 10.4. The fourth-order valence-electron chi connectivity index (χ4n) is 3.58. The number of carbonyl (C=O) groups is 1. The highest BCUT2D eigenvalue weighted by atomic mass is 79.9. The van der Waals surface area contributed by atoms with Crippen molar-refractivity contribution in [2.24, 2.45) is 0 Å². The highest BCUT2D eigenvalue weighted by Gasteiger charge is 2.41. The Morgan fingerprint density at radius 2 is 1.97 bits per heavy atom. The van der Waals surface area contributed by atoms with Crippen molar-refractivity contribution < 1.29 is 18.0 Å². The first-order chi connectivity index (χ1) is 15.6. The van der Waals surface area contributed by atoms with E-state index in [4.69, 9.17) is 11.6 Å². The van der Waals surface area contributed by atoms with Gasteiger partial charge in [-0.2, -0.15) is 28.5 Å². The monoisotopic (exact) mass is 547 g/mol. The molecule has 0 atom stereocenters. The Kier molecular flexibility index (Phi) is 6.59. The molecular formula is C20H22BrClF3N7O. The van der Waals surface area contributed by atoms with Gasteiger partial charge in [-0.15, -0.1) is 0 Å². The standard InChI is InChI=1S/C20H22BrClF3N7O/c1-11-15(21)12(2)32(27-11)10-30-9-6-14(28-30)19(33)26-7-3-8-31-17(13-4-5-13)16(22)18(29-31)20(23,24)25/h6,9,13H,3-5,7-8,10H2,1-2H3,(H,26,33). The smallest absolute Gasteiger partial charge is 0.351 e. The molecule has 3 aromatic rings. The van der Waals surface area contributed by atoms with Crippen molar-refractivity contribution in [3.63, 3.8) is 0 Å². The maximum atomic E-state index is 13.2. The Balaban J connectivity index is 1.32. The predicted octanol–water partition coefficient (Wildman–Crippen LogP) is 4.53. The van der Waals surface area contributed by atoms with Crippen LogP contribution in [0.1, 0.15) is 58.4 Å². The summed E-state index contributed by atoms with van der Waals surface area (Å²) in [6, 6.07) is 1.60. The molecule has 33 heavy (non-hydrogen) atoms. The fourth-order valence-corrected chi connectivity index (χ4v) is 4.27. The first-order valence-corrected chi connectivity index (χ1v) is 11.6. The van der Waals surface area contributed by atoms with E-state index in [-0.39, 0.29) is 35.6 Å². The Bertz CT molecular complexity index is 1180. The molecule has 4 rings (SSSR count). The van der Waals surface area contributed by atoms with Gasteiger partial charge in [0, 0.05) is 25.2 Å². The van der Waals surface area contributed by atoms with E-state index in [9.17, 15) is 18.0 Å². The van der Waals surface area contributed by atoms with Crippen LogP contribution in [0.4, 0.5) is 13.2 Å². The largest absolute Gasteiger partial charge is 0.436 e. The van der Waals surface area contributed by atoms with E-state index >= 15 is 0 Å². The van der Waals surface area contributed by atoms with Gasteiger partial charge in [-0.25, -0.2) is 4.68 Å². The molecule has 178 valence electrons. The molecule has 13 heteroatoms. The zero-order valence-corrected chi connectivity index (χ0v) is 20.3. The van der Waals surface area contributed by atoms with Gasteiger partial charge in [-0.05, 0) is 55.1 Å². The number of nitrogens with zero attached hydrogens (tertiary/aromatic N) is 6. The number of amides is 1. The first kappa shape index (κ1) is 23.8. The number of hydrogen-bond donors (Lipinski definition) is 1. The summed E-state index contributed by atoms with van der Waals surface area (Å²) in [5.74, 6) is -0.345. The van der Waals surface area contributed by atoms with Gasteiger partial charge >= 0.3 is 6.18 Å². The van der Waals surface area contributed by atoms with Gasteiger partial charge in [-0.3, -0.25) is 14.2 Å². The summed E-state index contributed by atoms with van der Waals surface area (Å²) in [5, 5.41) is 14.8. The van der Waals surface area contributed by atoms with Crippen molar-refractivity contribution in [1.82, 2.24) is 34.7 Å². The van der Waals surface area contributed by atoms with Crippen LogP contribution in [0.5, 0.6) is 0 Å². The third-order valence-electron chi connectivity index (χ3n) is 5.44. The van der Waals surface area contributed by atoms with Crippen molar-refractivity contribution in [1.29, 1.82) is 0 Å². The third kappa shape index (κ3) is 5.11. The highest BCUT2D eigenvalue weighted by molar-refractivity contribution is 9.10. The van der Waals surface area contributed by atoms with Crippen LogP contribution >= 0.6 is 27.5 Å². The van der Waals surface area contributed by atoms with E-state index in [1.807, 2.05) is 13.8 Å². The molecule has 1 aliphatic rings. The van der Waals surface area contributed by atoms with Crippen LogP contribution in [0.3, 0.4) is 0 Å². The van der Waals surface area contributed by atoms with Crippen LogP contribution in [0.25, 0.3) is 0 Å². The number of carbonyl (C=O) groups excluding carboxylic acids is 1. The Morgan fingerprint density at radius 1 is 1.24 bits per heavy atom. The minimum atomic E-state index is -4.59. The molecule has 0 saturated heterocycles. The van der Waals surface area contributed by atoms with Gasteiger partial charge in [0.1, 0.15) is 12.4 Å². The molecule has 0 aromatic carbocycles. The molecule has 1 N–H and O–H groups in total. The van der Waals surface area contributed by atoms with Crippen molar-refractivity contribution in [2.45, 2.75) is 58.4 Å². The number of aromatic nitrogens is 6. The van der Waals surface area contributed by atoms with Crippen molar-refractivity contribution in [3.05, 3.63) is 50.2 Å². The summed E-state index contributed by atoms with van der Waals surface area (Å²) in [6.07, 6.45) is -0.900. The molecule has 0 unspecified atom stereocenters. The Hall–Kier alpha value is -2.34. The minimum Gasteiger partial charge on any atom is -0.351 e. The lowest BCUT2D eigenvalue weighted by molar-refractivity contribution is -0.141. The summed E-state index contributed by atoms with van der Waals surface area (Å²) in [4.78, 5) is 12.4. The average Bonchev–Trinajstić information content (AvgIpc) is 3.29. The second-order valence-corrected chi connectivity index (χ2v) is 9.19. The van der Waals surface area contributed by atoms with Crippen LogP contribution in [0.2, 0.25) is 5.02 Å². The summed E-state index contributed by atoms with van der Waals surface area (Å²) in [5.41, 5.74) is 1.45. The highest BCUT2D eigenvalue weighted by Crippen LogP contribution is 2.46. The van der Waals surface area contributed by atoms with Gasteiger partial charge in [0.25, 0.3) is 5.91 Å². The van der Waals surface area contributed by atoms with E-state index in [1.165, 1.54) is 4.68 Å². The summed E-state index contributed by atoms with van der Waals surface area (Å²) in [7, 11) is 0. The van der Waals surface area contributed by atoms with Crippen LogP contribution in [0.15, 0.2) is 16.7 Å². The lowest BCUT2D eigenvalue weighted by atomic mass is 10.2. The molecule has 1 aliphatic carbocycles. The molecule has 0 radical (unpaired) electrons. The lowest BCUT2D eigenvalue weighted by Crippen LogP contribution is -2.26. The lowest BCUT2D eigenvalue weighted by Gasteiger charge is -2.08. The summed E-state index contributed by atoms with van der Waals surface area (Å²) in [6.45, 7) is 4.67. The topological polar surface area (TPSA) is 82.6 Å². The van der Waals surface area contributed by atoms with Gasteiger partial charge in [0.05, 0.1) is 26.6 Å². The third-order valence-corrected chi connectivity index (χ3v) is 6.96. The molecule has 0 bridgehead atoms. The molecule has 0 spiro atoms. The molecule has 1 fully saturated rings.